The van der Waals surface area contributed by atoms with Gasteiger partial charge in [0.15, 0.2) is 0 Å². The Morgan fingerprint density at radius 3 is 2.58 bits per heavy atom. The molecule has 0 unspecified atom stereocenters. The van der Waals surface area contributed by atoms with Gasteiger partial charge in [-0.2, -0.15) is 0 Å². The second-order valence-electron chi connectivity index (χ2n) is 4.16. The molecule has 0 radical (unpaired) electrons. The average molecular weight is 164 g/mol. The lowest BCUT2D eigenvalue weighted by molar-refractivity contribution is 0.418. The van der Waals surface area contributed by atoms with E-state index in [1.165, 1.54) is 45.7 Å². The van der Waals surface area contributed by atoms with Gasteiger partial charge < -0.3 is 0 Å². The van der Waals surface area contributed by atoms with Crippen molar-refractivity contribution in [1.82, 2.24) is 0 Å². The van der Waals surface area contributed by atoms with Crippen LogP contribution in [0.25, 0.3) is 0 Å². The molecule has 0 atom stereocenters. The van der Waals surface area contributed by atoms with Crippen LogP contribution in [0.3, 0.4) is 0 Å². The van der Waals surface area contributed by atoms with Gasteiger partial charge in [-0.15, -0.1) is 0 Å². The molecule has 0 amide bonds. The predicted molar refractivity (Wildman–Crippen MR) is 58.2 cm³/mol. The Morgan fingerprint density at radius 2 is 2.00 bits per heavy atom. The van der Waals surface area contributed by atoms with Gasteiger partial charge in [0.1, 0.15) is 7.28 Å². The van der Waals surface area contributed by atoms with E-state index in [0.29, 0.717) is 0 Å². The molecule has 1 aliphatic rings. The maximum atomic E-state index is 2.53. The molecule has 68 valence electrons. The fourth-order valence-electron chi connectivity index (χ4n) is 2.18. The smallest absolute Gasteiger partial charge is 0.0891 e. The molecule has 0 aliphatic heterocycles. The van der Waals surface area contributed by atoms with E-state index in [4.69, 9.17) is 0 Å². The summed E-state index contributed by atoms with van der Waals surface area (Å²) in [7, 11) is 1.30. The van der Waals surface area contributed by atoms with Crippen LogP contribution in [0, 0.1) is 5.92 Å². The van der Waals surface area contributed by atoms with E-state index >= 15 is 0 Å². The van der Waals surface area contributed by atoms with Gasteiger partial charge in [0, 0.05) is 0 Å². The Bertz CT molecular complexity index is 143. The zero-order valence-electron chi connectivity index (χ0n) is 8.60. The molecule has 1 saturated carbocycles. The number of hydrogen-bond acceptors (Lipinski definition) is 0. The van der Waals surface area contributed by atoms with Crippen LogP contribution in [0.15, 0.2) is 11.6 Å². The van der Waals surface area contributed by atoms with E-state index in [2.05, 4.69) is 19.8 Å². The zero-order chi connectivity index (χ0) is 8.81. The van der Waals surface area contributed by atoms with Gasteiger partial charge in [-0.3, -0.25) is 0 Å². The van der Waals surface area contributed by atoms with Crippen molar-refractivity contribution in [1.29, 1.82) is 0 Å². The number of allylic oxidation sites excluding steroid dienone is 2. The molecule has 0 aromatic carbocycles. The minimum absolute atomic E-state index is 0.922. The Kier molecular flexibility index (Phi) is 4.49. The molecule has 0 heterocycles. The molecule has 0 saturated heterocycles. The maximum absolute atomic E-state index is 2.53. The van der Waals surface area contributed by atoms with E-state index < -0.39 is 0 Å². The molecule has 0 aromatic rings. The lowest BCUT2D eigenvalue weighted by Crippen LogP contribution is -2.03. The highest BCUT2D eigenvalue weighted by atomic mass is 14.2. The summed E-state index contributed by atoms with van der Waals surface area (Å²) in [5.41, 5.74) is 1.62. The fraction of sp³-hybridized carbons (Fsp3) is 0.818. The molecule has 0 nitrogen and oxygen atoms in total. The normalized spacial score (nSPS) is 21.0. The van der Waals surface area contributed by atoms with Crippen molar-refractivity contribution < 1.29 is 0 Å². The van der Waals surface area contributed by atoms with Gasteiger partial charge in [0.25, 0.3) is 0 Å². The minimum atomic E-state index is 0.922. The van der Waals surface area contributed by atoms with Crippen LogP contribution in [0.1, 0.15) is 39.0 Å². The van der Waals surface area contributed by atoms with E-state index in [1.54, 1.807) is 5.57 Å². The van der Waals surface area contributed by atoms with Crippen molar-refractivity contribution in [2.75, 3.05) is 0 Å². The highest BCUT2D eigenvalue weighted by Crippen LogP contribution is 2.25. The largest absolute Gasteiger partial charge is 0.122 e. The maximum Gasteiger partial charge on any atom is 0.122 e. The Labute approximate surface area is 77.7 Å². The van der Waals surface area contributed by atoms with Gasteiger partial charge in [-0.25, -0.2) is 0 Å². The Morgan fingerprint density at radius 1 is 1.33 bits per heavy atom. The van der Waals surface area contributed by atoms with Crippen molar-refractivity contribution in [3.8, 4) is 0 Å². The summed E-state index contributed by atoms with van der Waals surface area (Å²) in [5.74, 6) is 0.922. The molecular weight excluding hydrogens is 143 g/mol. The second kappa shape index (κ2) is 5.45. The lowest BCUT2D eigenvalue weighted by Gasteiger charge is -2.18. The topological polar surface area (TPSA) is 0 Å². The van der Waals surface area contributed by atoms with Crippen molar-refractivity contribution >= 4 is 7.28 Å². The summed E-state index contributed by atoms with van der Waals surface area (Å²) >= 11 is 0. The molecule has 0 spiro atoms. The van der Waals surface area contributed by atoms with Gasteiger partial charge >= 0.3 is 0 Å². The number of hydrogen-bond donors (Lipinski definition) is 0. The third-order valence-corrected chi connectivity index (χ3v) is 2.81. The molecule has 1 rings (SSSR count). The SMILES string of the molecule is CBC/C(C)=C/C1CCCCC1. The summed E-state index contributed by atoms with van der Waals surface area (Å²) in [4.78, 5) is 0. The molecule has 1 fully saturated rings. The van der Waals surface area contributed by atoms with Gasteiger partial charge in [-0.1, -0.05) is 44.1 Å². The lowest BCUT2D eigenvalue weighted by atomic mass is 9.74. The molecule has 12 heavy (non-hydrogen) atoms. The van der Waals surface area contributed by atoms with Crippen LogP contribution in [-0.4, -0.2) is 7.28 Å². The summed E-state index contributed by atoms with van der Waals surface area (Å²) < 4.78 is 0. The highest BCUT2D eigenvalue weighted by molar-refractivity contribution is 6.34. The second-order valence-corrected chi connectivity index (χ2v) is 4.16. The van der Waals surface area contributed by atoms with Crippen LogP contribution >= 0.6 is 0 Å². The Balaban J connectivity index is 2.31. The van der Waals surface area contributed by atoms with Crippen LogP contribution in [0.5, 0.6) is 0 Å². The van der Waals surface area contributed by atoms with E-state index in [1.807, 2.05) is 0 Å². The van der Waals surface area contributed by atoms with Gasteiger partial charge in [0.05, 0.1) is 0 Å². The third kappa shape index (κ3) is 3.47. The van der Waals surface area contributed by atoms with Crippen LogP contribution < -0.4 is 0 Å². The van der Waals surface area contributed by atoms with Crippen molar-refractivity contribution in [3.63, 3.8) is 0 Å². The van der Waals surface area contributed by atoms with E-state index in [-0.39, 0.29) is 0 Å². The predicted octanol–water partition coefficient (Wildman–Crippen LogP) is 3.42. The highest BCUT2D eigenvalue weighted by Gasteiger charge is 2.10. The van der Waals surface area contributed by atoms with E-state index in [9.17, 15) is 0 Å². The Hall–Kier alpha value is -0.195. The fourth-order valence-corrected chi connectivity index (χ4v) is 2.18. The minimum Gasteiger partial charge on any atom is -0.0891 e. The first-order valence-corrected chi connectivity index (χ1v) is 5.50. The van der Waals surface area contributed by atoms with Crippen molar-refractivity contribution in [2.45, 2.75) is 52.2 Å². The number of rotatable bonds is 3. The quantitative estimate of drug-likeness (QED) is 0.442. The third-order valence-electron chi connectivity index (χ3n) is 2.81. The van der Waals surface area contributed by atoms with Crippen molar-refractivity contribution in [2.24, 2.45) is 5.92 Å². The van der Waals surface area contributed by atoms with Gasteiger partial charge in [0.2, 0.25) is 0 Å². The molecular formula is C11H21B. The summed E-state index contributed by atoms with van der Waals surface area (Å²) in [6.45, 7) is 4.55. The zero-order valence-corrected chi connectivity index (χ0v) is 8.60. The van der Waals surface area contributed by atoms with Crippen LogP contribution in [-0.2, 0) is 0 Å². The first kappa shape index (κ1) is 9.89. The molecule has 1 aliphatic carbocycles. The van der Waals surface area contributed by atoms with Crippen LogP contribution in [0.2, 0.25) is 13.1 Å². The molecule has 0 aromatic heterocycles. The monoisotopic (exact) mass is 164 g/mol. The summed E-state index contributed by atoms with van der Waals surface area (Å²) in [6.07, 6.45) is 11.1. The first-order valence-electron chi connectivity index (χ1n) is 5.50. The molecule has 1 heteroatoms. The molecule has 0 N–H and O–H groups in total. The summed E-state index contributed by atoms with van der Waals surface area (Å²) in [5, 5.41) is 0. The standard InChI is InChI=1S/C11H21B/c1-10(9-12-2)8-11-6-4-3-5-7-11/h8,11-12H,3-7,9H2,1-2H3/b10-8+. The van der Waals surface area contributed by atoms with Crippen LogP contribution in [0.4, 0.5) is 0 Å². The molecule has 0 bridgehead atoms. The first-order chi connectivity index (χ1) is 5.83. The van der Waals surface area contributed by atoms with E-state index in [0.717, 1.165) is 5.92 Å². The summed E-state index contributed by atoms with van der Waals surface area (Å²) in [6, 6.07) is 0. The van der Waals surface area contributed by atoms with Gasteiger partial charge in [-0.05, 0) is 25.7 Å². The van der Waals surface area contributed by atoms with Crippen molar-refractivity contribution in [3.05, 3.63) is 11.6 Å². The average Bonchev–Trinajstić information content (AvgIpc) is 2.06.